The summed E-state index contributed by atoms with van der Waals surface area (Å²) in [6, 6.07) is 22.5. The van der Waals surface area contributed by atoms with Gasteiger partial charge in [-0.1, -0.05) is 48.0 Å². The number of anilines is 1. The van der Waals surface area contributed by atoms with Gasteiger partial charge in [0.15, 0.2) is 0 Å². The SMILES string of the molecule is Cl.Cn1c(=O)n(CC(=O)N(Cc2cccc(Cl)c2)c2ccc(-c3c[nH]cn3)cc2)c2ccccc21. The van der Waals surface area contributed by atoms with Gasteiger partial charge in [-0.05, 0) is 42.0 Å². The topological polar surface area (TPSA) is 75.9 Å². The molecule has 178 valence electrons. The Morgan fingerprint density at radius 1 is 1.03 bits per heavy atom. The quantitative estimate of drug-likeness (QED) is 0.349. The maximum Gasteiger partial charge on any atom is 0.329 e. The minimum absolute atomic E-state index is 0. The highest BCUT2D eigenvalue weighted by molar-refractivity contribution is 6.30. The van der Waals surface area contributed by atoms with E-state index in [0.717, 1.165) is 33.5 Å². The smallest absolute Gasteiger partial charge is 0.329 e. The number of fused-ring (bicyclic) bond motifs is 1. The maximum absolute atomic E-state index is 13.6. The van der Waals surface area contributed by atoms with Crippen LogP contribution < -0.4 is 10.6 Å². The van der Waals surface area contributed by atoms with Crippen LogP contribution in [0.1, 0.15) is 5.56 Å². The first-order chi connectivity index (χ1) is 16.5. The van der Waals surface area contributed by atoms with Crippen LogP contribution in [0.3, 0.4) is 0 Å². The zero-order valence-corrected chi connectivity index (χ0v) is 20.5. The number of hydrogen-bond acceptors (Lipinski definition) is 3. The number of carbonyl (C=O) groups excluding carboxylic acids is 1. The van der Waals surface area contributed by atoms with Crippen molar-refractivity contribution in [3.05, 3.63) is 106 Å². The average Bonchev–Trinajstić information content (AvgIpc) is 3.47. The number of nitrogens with one attached hydrogen (secondary N) is 1. The molecule has 0 aliphatic heterocycles. The first kappa shape index (κ1) is 24.3. The second-order valence-corrected chi connectivity index (χ2v) is 8.46. The van der Waals surface area contributed by atoms with E-state index in [1.54, 1.807) is 28.9 Å². The van der Waals surface area contributed by atoms with Crippen LogP contribution in [0, 0.1) is 0 Å². The number of para-hydroxylation sites is 2. The summed E-state index contributed by atoms with van der Waals surface area (Å²) in [5, 5.41) is 0.601. The van der Waals surface area contributed by atoms with Gasteiger partial charge in [0.05, 0.1) is 29.6 Å². The number of nitrogens with zero attached hydrogens (tertiary/aromatic N) is 4. The van der Waals surface area contributed by atoms with Gasteiger partial charge in [0.25, 0.3) is 0 Å². The largest absolute Gasteiger partial charge is 0.351 e. The molecule has 1 amide bonds. The van der Waals surface area contributed by atoms with Crippen LogP contribution in [0.25, 0.3) is 22.3 Å². The van der Waals surface area contributed by atoms with Crippen LogP contribution in [0.4, 0.5) is 5.69 Å². The molecule has 0 atom stereocenters. The summed E-state index contributed by atoms with van der Waals surface area (Å²) in [6.07, 6.45) is 3.44. The van der Waals surface area contributed by atoms with Gasteiger partial charge in [0.1, 0.15) is 6.54 Å². The maximum atomic E-state index is 13.6. The number of H-pyrrole nitrogens is 1. The lowest BCUT2D eigenvalue weighted by Gasteiger charge is -2.24. The van der Waals surface area contributed by atoms with E-state index in [-0.39, 0.29) is 30.5 Å². The summed E-state index contributed by atoms with van der Waals surface area (Å²) in [5.41, 5.74) is 4.64. The fraction of sp³-hybridized carbons (Fsp3) is 0.115. The van der Waals surface area contributed by atoms with Gasteiger partial charge < -0.3 is 9.88 Å². The first-order valence-electron chi connectivity index (χ1n) is 10.8. The summed E-state index contributed by atoms with van der Waals surface area (Å²) in [4.78, 5) is 35.4. The Morgan fingerprint density at radius 2 is 1.77 bits per heavy atom. The monoisotopic (exact) mass is 507 g/mol. The van der Waals surface area contributed by atoms with Gasteiger partial charge in [0.2, 0.25) is 5.91 Å². The van der Waals surface area contributed by atoms with Gasteiger partial charge in [-0.3, -0.25) is 13.9 Å². The Bertz CT molecular complexity index is 1520. The van der Waals surface area contributed by atoms with Crippen molar-refractivity contribution in [2.24, 2.45) is 7.05 Å². The third-order valence-corrected chi connectivity index (χ3v) is 6.08. The highest BCUT2D eigenvalue weighted by atomic mass is 35.5. The number of amides is 1. The van der Waals surface area contributed by atoms with E-state index in [1.807, 2.05) is 72.9 Å². The zero-order valence-electron chi connectivity index (χ0n) is 18.9. The molecule has 0 saturated heterocycles. The lowest BCUT2D eigenvalue weighted by molar-refractivity contribution is -0.119. The summed E-state index contributed by atoms with van der Waals surface area (Å²) >= 11 is 6.19. The summed E-state index contributed by atoms with van der Waals surface area (Å²) in [5.74, 6) is -0.203. The van der Waals surface area contributed by atoms with Crippen LogP contribution in [-0.4, -0.2) is 25.0 Å². The third kappa shape index (κ3) is 4.87. The third-order valence-electron chi connectivity index (χ3n) is 5.85. The van der Waals surface area contributed by atoms with Gasteiger partial charge in [-0.15, -0.1) is 12.4 Å². The number of carbonyl (C=O) groups is 1. The molecule has 5 rings (SSSR count). The Hall–Kier alpha value is -3.81. The van der Waals surface area contributed by atoms with Crippen molar-refractivity contribution < 1.29 is 4.79 Å². The van der Waals surface area contributed by atoms with Crippen molar-refractivity contribution in [2.75, 3.05) is 4.90 Å². The van der Waals surface area contributed by atoms with E-state index in [1.165, 1.54) is 4.57 Å². The van der Waals surface area contributed by atoms with Gasteiger partial charge in [-0.2, -0.15) is 0 Å². The second kappa shape index (κ2) is 10.2. The molecule has 0 aliphatic rings. The van der Waals surface area contributed by atoms with Crippen LogP contribution in [0.15, 0.2) is 90.1 Å². The fourth-order valence-corrected chi connectivity index (χ4v) is 4.32. The summed E-state index contributed by atoms with van der Waals surface area (Å²) in [7, 11) is 1.71. The lowest BCUT2D eigenvalue weighted by Crippen LogP contribution is -2.36. The molecule has 5 aromatic rings. The number of aromatic amines is 1. The molecule has 7 nitrogen and oxygen atoms in total. The van der Waals surface area contributed by atoms with Gasteiger partial charge in [-0.25, -0.2) is 9.78 Å². The molecule has 3 aromatic carbocycles. The normalized spacial score (nSPS) is 10.8. The molecular weight excluding hydrogens is 485 g/mol. The molecule has 0 spiro atoms. The molecule has 0 radical (unpaired) electrons. The van der Waals surface area contributed by atoms with E-state index in [0.29, 0.717) is 11.6 Å². The number of aryl methyl sites for hydroxylation is 1. The predicted molar refractivity (Wildman–Crippen MR) is 141 cm³/mol. The van der Waals surface area contributed by atoms with E-state index in [2.05, 4.69) is 9.97 Å². The van der Waals surface area contributed by atoms with E-state index < -0.39 is 0 Å². The van der Waals surface area contributed by atoms with Crippen molar-refractivity contribution in [1.82, 2.24) is 19.1 Å². The number of benzene rings is 3. The number of halogens is 2. The molecule has 2 heterocycles. The van der Waals surface area contributed by atoms with Crippen molar-refractivity contribution in [1.29, 1.82) is 0 Å². The Morgan fingerprint density at radius 3 is 2.46 bits per heavy atom. The van der Waals surface area contributed by atoms with Crippen molar-refractivity contribution in [2.45, 2.75) is 13.1 Å². The van der Waals surface area contributed by atoms with Crippen molar-refractivity contribution in [3.8, 4) is 11.3 Å². The lowest BCUT2D eigenvalue weighted by atomic mass is 10.1. The second-order valence-electron chi connectivity index (χ2n) is 8.03. The Labute approximate surface area is 213 Å². The minimum Gasteiger partial charge on any atom is -0.351 e. The van der Waals surface area contributed by atoms with E-state index in [4.69, 9.17) is 11.6 Å². The van der Waals surface area contributed by atoms with Crippen LogP contribution >= 0.6 is 24.0 Å². The first-order valence-corrected chi connectivity index (χ1v) is 11.2. The molecule has 2 aromatic heterocycles. The predicted octanol–water partition coefficient (Wildman–Crippen LogP) is 5.04. The van der Waals surface area contributed by atoms with Gasteiger partial charge in [0, 0.05) is 29.5 Å². The summed E-state index contributed by atoms with van der Waals surface area (Å²) in [6.45, 7) is 0.239. The van der Waals surface area contributed by atoms with Crippen molar-refractivity contribution in [3.63, 3.8) is 0 Å². The molecule has 1 N–H and O–H groups in total. The number of imidazole rings is 2. The number of rotatable bonds is 6. The molecule has 35 heavy (non-hydrogen) atoms. The number of aromatic nitrogens is 4. The fourth-order valence-electron chi connectivity index (χ4n) is 4.11. The molecule has 0 aliphatic carbocycles. The van der Waals surface area contributed by atoms with Crippen LogP contribution in [0.2, 0.25) is 5.02 Å². The molecular formula is C26H23Cl2N5O2. The van der Waals surface area contributed by atoms with Gasteiger partial charge >= 0.3 is 5.69 Å². The minimum atomic E-state index is -0.230. The van der Waals surface area contributed by atoms with Crippen molar-refractivity contribution >= 4 is 46.6 Å². The standard InChI is InChI=1S/C26H22ClN5O2.ClH/c1-30-23-7-2-3-8-24(23)32(26(30)34)16-25(33)31(15-18-5-4-6-20(27)13-18)21-11-9-19(10-12-21)22-14-28-17-29-22;/h2-14,17H,15-16H2,1H3,(H,28,29);1H. The molecule has 0 fully saturated rings. The highest BCUT2D eigenvalue weighted by Crippen LogP contribution is 2.24. The molecule has 0 saturated carbocycles. The van der Waals surface area contributed by atoms with E-state index >= 15 is 0 Å². The van der Waals surface area contributed by atoms with E-state index in [9.17, 15) is 9.59 Å². The molecule has 0 unspecified atom stereocenters. The molecule has 0 bridgehead atoms. The van der Waals surface area contributed by atoms with Crippen LogP contribution in [0.5, 0.6) is 0 Å². The zero-order chi connectivity index (χ0) is 23.7. The number of hydrogen-bond donors (Lipinski definition) is 1. The highest BCUT2D eigenvalue weighted by Gasteiger charge is 2.20. The van der Waals surface area contributed by atoms with Crippen LogP contribution in [-0.2, 0) is 24.9 Å². The molecule has 9 heteroatoms. The Balaban J connectivity index is 0.00000289. The summed E-state index contributed by atoms with van der Waals surface area (Å²) < 4.78 is 3.07. The average molecular weight is 508 g/mol. The Kier molecular flexibility index (Phi) is 7.10.